The van der Waals surface area contributed by atoms with Crippen molar-refractivity contribution in [2.75, 3.05) is 26.7 Å². The number of esters is 1. The first kappa shape index (κ1) is 14.2. The summed E-state index contributed by atoms with van der Waals surface area (Å²) in [6.07, 6.45) is 1.36. The van der Waals surface area contributed by atoms with Crippen LogP contribution in [-0.4, -0.2) is 43.5 Å². The van der Waals surface area contributed by atoms with Gasteiger partial charge in [0, 0.05) is 13.1 Å². The van der Waals surface area contributed by atoms with E-state index in [4.69, 9.17) is 5.73 Å². The Kier molecular flexibility index (Phi) is 6.27. The Balaban J connectivity index is 0.00000196. The molecule has 1 aliphatic heterocycles. The Morgan fingerprint density at radius 3 is 2.33 bits per heavy atom. The highest BCUT2D eigenvalue weighted by Gasteiger charge is 2.27. The highest BCUT2D eigenvalue weighted by atomic mass is 35.5. The number of methoxy groups -OCH3 is 1. The Hall–Kier alpha value is -0.810. The molecule has 0 aromatic rings. The van der Waals surface area contributed by atoms with Crippen LogP contribution in [-0.2, 0) is 14.3 Å². The summed E-state index contributed by atoms with van der Waals surface area (Å²) in [6.45, 7) is 1.26. The molecule has 5 nitrogen and oxygen atoms in total. The SMILES string of the molecule is COC(=O)C1CCN(C(=O)CN)CC1.Cl. The molecular weight excluding hydrogens is 220 g/mol. The van der Waals surface area contributed by atoms with Crippen LogP contribution in [0.4, 0.5) is 0 Å². The van der Waals surface area contributed by atoms with Gasteiger partial charge in [0.2, 0.25) is 5.91 Å². The topological polar surface area (TPSA) is 72.6 Å². The third-order valence-electron chi connectivity index (χ3n) is 2.56. The molecule has 2 N–H and O–H groups in total. The van der Waals surface area contributed by atoms with Gasteiger partial charge >= 0.3 is 5.97 Å². The summed E-state index contributed by atoms with van der Waals surface area (Å²) in [7, 11) is 1.39. The van der Waals surface area contributed by atoms with Crippen LogP contribution in [0.5, 0.6) is 0 Å². The lowest BCUT2D eigenvalue weighted by Gasteiger charge is -2.30. The number of piperidine rings is 1. The Morgan fingerprint density at radius 1 is 1.40 bits per heavy atom. The lowest BCUT2D eigenvalue weighted by Crippen LogP contribution is -2.43. The smallest absolute Gasteiger partial charge is 0.308 e. The summed E-state index contributed by atoms with van der Waals surface area (Å²) in [4.78, 5) is 24.1. The molecule has 1 aliphatic rings. The van der Waals surface area contributed by atoms with E-state index in [0.717, 1.165) is 0 Å². The zero-order chi connectivity index (χ0) is 10.6. The second-order valence-electron chi connectivity index (χ2n) is 3.38. The van der Waals surface area contributed by atoms with Gasteiger partial charge in [-0.05, 0) is 12.8 Å². The molecule has 0 atom stereocenters. The molecule has 15 heavy (non-hydrogen) atoms. The van der Waals surface area contributed by atoms with Crippen molar-refractivity contribution in [2.45, 2.75) is 12.8 Å². The van der Waals surface area contributed by atoms with Crippen LogP contribution < -0.4 is 5.73 Å². The van der Waals surface area contributed by atoms with Crippen LogP contribution in [0, 0.1) is 5.92 Å². The molecular formula is C9H17ClN2O3. The number of carbonyl (C=O) groups is 2. The molecule has 0 bridgehead atoms. The van der Waals surface area contributed by atoms with Gasteiger partial charge in [0.15, 0.2) is 0 Å². The van der Waals surface area contributed by atoms with Crippen molar-refractivity contribution in [3.63, 3.8) is 0 Å². The first-order chi connectivity index (χ1) is 6.69. The minimum Gasteiger partial charge on any atom is -0.469 e. The Labute approximate surface area is 95.3 Å². The monoisotopic (exact) mass is 236 g/mol. The fourth-order valence-corrected chi connectivity index (χ4v) is 1.66. The number of hydrogen-bond acceptors (Lipinski definition) is 4. The first-order valence-electron chi connectivity index (χ1n) is 4.74. The van der Waals surface area contributed by atoms with Gasteiger partial charge in [-0.1, -0.05) is 0 Å². The summed E-state index contributed by atoms with van der Waals surface area (Å²) in [5.74, 6) is -0.278. The molecule has 6 heteroatoms. The number of halogens is 1. The number of likely N-dealkylation sites (tertiary alicyclic amines) is 1. The van der Waals surface area contributed by atoms with Crippen molar-refractivity contribution in [3.05, 3.63) is 0 Å². The first-order valence-corrected chi connectivity index (χ1v) is 4.74. The average Bonchev–Trinajstić information content (AvgIpc) is 2.27. The summed E-state index contributed by atoms with van der Waals surface area (Å²) in [6, 6.07) is 0. The van der Waals surface area contributed by atoms with E-state index in [9.17, 15) is 9.59 Å². The number of amides is 1. The van der Waals surface area contributed by atoms with Crippen molar-refractivity contribution in [2.24, 2.45) is 11.7 Å². The number of ether oxygens (including phenoxy) is 1. The van der Waals surface area contributed by atoms with Gasteiger partial charge in [-0.25, -0.2) is 0 Å². The molecule has 0 aromatic heterocycles. The van der Waals surface area contributed by atoms with Crippen molar-refractivity contribution < 1.29 is 14.3 Å². The van der Waals surface area contributed by atoms with Gasteiger partial charge in [0.05, 0.1) is 19.6 Å². The largest absolute Gasteiger partial charge is 0.469 e. The number of nitrogens with two attached hydrogens (primary N) is 1. The summed E-state index contributed by atoms with van der Waals surface area (Å²) in [5, 5.41) is 0. The molecule has 88 valence electrons. The van der Waals surface area contributed by atoms with Gasteiger partial charge in [-0.15, -0.1) is 12.4 Å². The minimum absolute atomic E-state index is 0. The summed E-state index contributed by atoms with van der Waals surface area (Å²) < 4.78 is 4.64. The van der Waals surface area contributed by atoms with E-state index in [1.54, 1.807) is 4.90 Å². The lowest BCUT2D eigenvalue weighted by molar-refractivity contribution is -0.148. The van der Waals surface area contributed by atoms with Gasteiger partial charge in [0.1, 0.15) is 0 Å². The molecule has 1 rings (SSSR count). The summed E-state index contributed by atoms with van der Waals surface area (Å²) >= 11 is 0. The molecule has 0 radical (unpaired) electrons. The zero-order valence-electron chi connectivity index (χ0n) is 8.77. The lowest BCUT2D eigenvalue weighted by atomic mass is 9.97. The number of rotatable bonds is 2. The Bertz CT molecular complexity index is 203. The van der Waals surface area contributed by atoms with Crippen molar-refractivity contribution >= 4 is 24.3 Å². The van der Waals surface area contributed by atoms with Crippen molar-refractivity contribution in [1.29, 1.82) is 0 Å². The molecule has 0 aromatic carbocycles. The van der Waals surface area contributed by atoms with E-state index >= 15 is 0 Å². The van der Waals surface area contributed by atoms with Crippen LogP contribution in [0.2, 0.25) is 0 Å². The van der Waals surface area contributed by atoms with E-state index in [-0.39, 0.29) is 36.7 Å². The highest BCUT2D eigenvalue weighted by Crippen LogP contribution is 2.18. The maximum Gasteiger partial charge on any atom is 0.308 e. The molecule has 1 amide bonds. The molecule has 0 saturated carbocycles. The van der Waals surface area contributed by atoms with Crippen LogP contribution >= 0.6 is 12.4 Å². The second-order valence-corrected chi connectivity index (χ2v) is 3.38. The number of nitrogens with zero attached hydrogens (tertiary/aromatic N) is 1. The quantitative estimate of drug-likeness (QED) is 0.673. The molecule has 0 spiro atoms. The molecule has 0 aliphatic carbocycles. The Morgan fingerprint density at radius 2 is 1.93 bits per heavy atom. The van der Waals surface area contributed by atoms with Gasteiger partial charge in [-0.2, -0.15) is 0 Å². The maximum absolute atomic E-state index is 11.2. The van der Waals surface area contributed by atoms with E-state index in [1.165, 1.54) is 7.11 Å². The predicted molar refractivity (Wildman–Crippen MR) is 57.6 cm³/mol. The standard InChI is InChI=1S/C9H16N2O3.ClH/c1-14-9(13)7-2-4-11(5-3-7)8(12)6-10;/h7H,2-6,10H2,1H3;1H. The van der Waals surface area contributed by atoms with Gasteiger partial charge in [-0.3, -0.25) is 9.59 Å². The van der Waals surface area contributed by atoms with Crippen LogP contribution in [0.25, 0.3) is 0 Å². The molecule has 1 saturated heterocycles. The third kappa shape index (κ3) is 3.68. The van der Waals surface area contributed by atoms with Crippen LogP contribution in [0.15, 0.2) is 0 Å². The normalized spacial score (nSPS) is 16.8. The zero-order valence-corrected chi connectivity index (χ0v) is 9.59. The predicted octanol–water partition coefficient (Wildman–Crippen LogP) is -0.222. The minimum atomic E-state index is -0.176. The number of hydrogen-bond donors (Lipinski definition) is 1. The third-order valence-corrected chi connectivity index (χ3v) is 2.56. The maximum atomic E-state index is 11.2. The fourth-order valence-electron chi connectivity index (χ4n) is 1.66. The van der Waals surface area contributed by atoms with E-state index in [0.29, 0.717) is 25.9 Å². The average molecular weight is 237 g/mol. The second kappa shape index (κ2) is 6.63. The molecule has 0 unspecified atom stereocenters. The van der Waals surface area contributed by atoms with Gasteiger partial charge < -0.3 is 15.4 Å². The van der Waals surface area contributed by atoms with E-state index in [1.807, 2.05) is 0 Å². The van der Waals surface area contributed by atoms with E-state index in [2.05, 4.69) is 4.74 Å². The van der Waals surface area contributed by atoms with Gasteiger partial charge in [0.25, 0.3) is 0 Å². The number of carbonyl (C=O) groups excluding carboxylic acids is 2. The summed E-state index contributed by atoms with van der Waals surface area (Å²) in [5.41, 5.74) is 5.24. The van der Waals surface area contributed by atoms with Crippen molar-refractivity contribution in [1.82, 2.24) is 4.90 Å². The van der Waals surface area contributed by atoms with Crippen molar-refractivity contribution in [3.8, 4) is 0 Å². The van der Waals surface area contributed by atoms with Crippen LogP contribution in [0.3, 0.4) is 0 Å². The van der Waals surface area contributed by atoms with E-state index < -0.39 is 0 Å². The highest BCUT2D eigenvalue weighted by molar-refractivity contribution is 5.85. The molecule has 1 fully saturated rings. The fraction of sp³-hybridized carbons (Fsp3) is 0.778. The molecule has 1 heterocycles. The van der Waals surface area contributed by atoms with Crippen LogP contribution in [0.1, 0.15) is 12.8 Å².